The lowest BCUT2D eigenvalue weighted by Gasteiger charge is -2.07. The van der Waals surface area contributed by atoms with Crippen LogP contribution in [0.2, 0.25) is 0 Å². The largest absolute Gasteiger partial charge is 0.481 e. The van der Waals surface area contributed by atoms with Crippen LogP contribution in [0.1, 0.15) is 18.4 Å². The molecule has 18 heavy (non-hydrogen) atoms. The molecule has 1 aromatic heterocycles. The first-order valence-electron chi connectivity index (χ1n) is 5.64. The Balaban J connectivity index is 2.48. The molecule has 2 N–H and O–H groups in total. The Morgan fingerprint density at radius 2 is 2.22 bits per heavy atom. The van der Waals surface area contributed by atoms with Crippen LogP contribution in [0.15, 0.2) is 18.3 Å². The summed E-state index contributed by atoms with van der Waals surface area (Å²) in [6.45, 7) is 0.220. The van der Waals surface area contributed by atoms with E-state index >= 15 is 0 Å². The average Bonchev–Trinajstić information content (AvgIpc) is 2.37. The molecule has 0 aromatic carbocycles. The minimum Gasteiger partial charge on any atom is -0.481 e. The van der Waals surface area contributed by atoms with Crippen molar-refractivity contribution in [3.05, 3.63) is 23.9 Å². The number of hydrogen-bond acceptors (Lipinski definition) is 5. The zero-order valence-electron chi connectivity index (χ0n) is 10.3. The number of aliphatic hydroxyl groups excluding tert-OH is 1. The molecule has 0 fully saturated rings. The molecule has 0 bridgehead atoms. The quantitative estimate of drug-likeness (QED) is 0.665. The maximum absolute atomic E-state index is 11.6. The number of sulfonamides is 1. The van der Waals surface area contributed by atoms with E-state index in [2.05, 4.69) is 9.71 Å². The van der Waals surface area contributed by atoms with E-state index in [1.165, 1.54) is 7.11 Å². The summed E-state index contributed by atoms with van der Waals surface area (Å²) in [4.78, 5) is 3.94. The molecule has 1 heterocycles. The highest BCUT2D eigenvalue weighted by molar-refractivity contribution is 7.89. The molecular weight excluding hydrogens is 256 g/mol. The van der Waals surface area contributed by atoms with Gasteiger partial charge in [-0.25, -0.2) is 18.1 Å². The van der Waals surface area contributed by atoms with Crippen molar-refractivity contribution in [2.45, 2.75) is 19.4 Å². The van der Waals surface area contributed by atoms with E-state index in [-0.39, 0.29) is 18.9 Å². The minimum atomic E-state index is -3.29. The molecular formula is C11H18N2O4S. The summed E-state index contributed by atoms with van der Waals surface area (Å²) in [5.41, 5.74) is 0.785. The highest BCUT2D eigenvalue weighted by Gasteiger charge is 2.09. The van der Waals surface area contributed by atoms with Gasteiger partial charge in [-0.2, -0.15) is 0 Å². The Bertz CT molecular complexity index is 462. The lowest BCUT2D eigenvalue weighted by atomic mass is 10.3. The molecule has 0 aliphatic heterocycles. The van der Waals surface area contributed by atoms with Gasteiger partial charge < -0.3 is 9.84 Å². The van der Waals surface area contributed by atoms with Crippen LogP contribution in [-0.2, 0) is 16.6 Å². The van der Waals surface area contributed by atoms with Crippen molar-refractivity contribution in [3.8, 4) is 5.88 Å². The van der Waals surface area contributed by atoms with Gasteiger partial charge in [0.15, 0.2) is 0 Å². The first-order valence-corrected chi connectivity index (χ1v) is 7.30. The van der Waals surface area contributed by atoms with Gasteiger partial charge in [-0.05, 0) is 24.5 Å². The van der Waals surface area contributed by atoms with E-state index in [9.17, 15) is 8.42 Å². The minimum absolute atomic E-state index is 0.0110. The maximum Gasteiger partial charge on any atom is 0.213 e. The molecule has 0 aliphatic rings. The van der Waals surface area contributed by atoms with Gasteiger partial charge in [0.05, 0.1) is 12.9 Å². The Morgan fingerprint density at radius 3 is 2.89 bits per heavy atom. The van der Waals surface area contributed by atoms with E-state index in [1.54, 1.807) is 18.3 Å². The van der Waals surface area contributed by atoms with Gasteiger partial charge in [0.1, 0.15) is 0 Å². The molecule has 0 saturated carbocycles. The standard InChI is InChI=1S/C11H18N2O4S/c1-17-11-8-10(4-5-12-11)9-13-18(15,16)7-3-2-6-14/h4-5,8,13-14H,2-3,6-7,9H2,1H3. The van der Waals surface area contributed by atoms with Gasteiger partial charge in [-0.15, -0.1) is 0 Å². The van der Waals surface area contributed by atoms with E-state index in [4.69, 9.17) is 9.84 Å². The Kier molecular flexibility index (Phi) is 6.03. The van der Waals surface area contributed by atoms with Crippen molar-refractivity contribution in [1.29, 1.82) is 0 Å². The van der Waals surface area contributed by atoms with Gasteiger partial charge >= 0.3 is 0 Å². The van der Waals surface area contributed by atoms with Gasteiger partial charge in [-0.1, -0.05) is 0 Å². The van der Waals surface area contributed by atoms with Crippen molar-refractivity contribution < 1.29 is 18.3 Å². The van der Waals surface area contributed by atoms with Crippen LogP contribution in [0.3, 0.4) is 0 Å². The summed E-state index contributed by atoms with van der Waals surface area (Å²) in [6, 6.07) is 3.40. The second-order valence-electron chi connectivity index (χ2n) is 3.78. The van der Waals surface area contributed by atoms with Crippen molar-refractivity contribution in [3.63, 3.8) is 0 Å². The molecule has 0 radical (unpaired) electrons. The fourth-order valence-corrected chi connectivity index (χ4v) is 2.46. The summed E-state index contributed by atoms with van der Waals surface area (Å²) < 4.78 is 30.6. The SMILES string of the molecule is COc1cc(CNS(=O)(=O)CCCCO)ccn1. The molecule has 0 aliphatic carbocycles. The third kappa shape index (κ3) is 5.44. The average molecular weight is 274 g/mol. The number of pyridine rings is 1. The molecule has 7 heteroatoms. The highest BCUT2D eigenvalue weighted by atomic mass is 32.2. The van der Waals surface area contributed by atoms with Crippen molar-refractivity contribution in [2.24, 2.45) is 0 Å². The molecule has 6 nitrogen and oxygen atoms in total. The smallest absolute Gasteiger partial charge is 0.213 e. The van der Waals surface area contributed by atoms with Crippen LogP contribution in [0, 0.1) is 0 Å². The highest BCUT2D eigenvalue weighted by Crippen LogP contribution is 2.08. The van der Waals surface area contributed by atoms with E-state index < -0.39 is 10.0 Å². The van der Waals surface area contributed by atoms with Crippen LogP contribution in [0.5, 0.6) is 5.88 Å². The Hall–Kier alpha value is -1.18. The molecule has 1 rings (SSSR count). The van der Waals surface area contributed by atoms with Crippen LogP contribution < -0.4 is 9.46 Å². The molecule has 0 atom stereocenters. The van der Waals surface area contributed by atoms with E-state index in [0.29, 0.717) is 18.7 Å². The number of aliphatic hydroxyl groups is 1. The van der Waals surface area contributed by atoms with Gasteiger partial charge in [0, 0.05) is 25.4 Å². The summed E-state index contributed by atoms with van der Waals surface area (Å²) in [6.07, 6.45) is 2.50. The third-order valence-corrected chi connectivity index (χ3v) is 3.74. The van der Waals surface area contributed by atoms with Crippen molar-refractivity contribution in [1.82, 2.24) is 9.71 Å². The fraction of sp³-hybridized carbons (Fsp3) is 0.545. The number of unbranched alkanes of at least 4 members (excludes halogenated alkanes) is 1. The molecule has 0 spiro atoms. The number of nitrogens with one attached hydrogen (secondary N) is 1. The first kappa shape index (κ1) is 14.9. The predicted molar refractivity (Wildman–Crippen MR) is 67.7 cm³/mol. The van der Waals surface area contributed by atoms with Crippen molar-refractivity contribution in [2.75, 3.05) is 19.5 Å². The molecule has 0 saturated heterocycles. The molecule has 1 aromatic rings. The topological polar surface area (TPSA) is 88.5 Å². The van der Waals surface area contributed by atoms with Crippen LogP contribution >= 0.6 is 0 Å². The predicted octanol–water partition coefficient (Wildman–Crippen LogP) is 0.282. The molecule has 102 valence electrons. The maximum atomic E-state index is 11.6. The number of methoxy groups -OCH3 is 1. The van der Waals surface area contributed by atoms with Gasteiger partial charge in [0.25, 0.3) is 0 Å². The number of ether oxygens (including phenoxy) is 1. The van der Waals surface area contributed by atoms with Gasteiger partial charge in [-0.3, -0.25) is 0 Å². The van der Waals surface area contributed by atoms with Crippen LogP contribution in [0.4, 0.5) is 0 Å². The number of aromatic nitrogens is 1. The molecule has 0 unspecified atom stereocenters. The Labute approximate surface area is 107 Å². The van der Waals surface area contributed by atoms with Gasteiger partial charge in [0.2, 0.25) is 15.9 Å². The second-order valence-corrected chi connectivity index (χ2v) is 5.70. The monoisotopic (exact) mass is 274 g/mol. The van der Waals surface area contributed by atoms with Crippen LogP contribution in [-0.4, -0.2) is 38.0 Å². The normalized spacial score (nSPS) is 11.4. The zero-order valence-corrected chi connectivity index (χ0v) is 11.1. The second kappa shape index (κ2) is 7.30. The number of rotatable bonds is 8. The lowest BCUT2D eigenvalue weighted by molar-refractivity contribution is 0.287. The number of hydrogen-bond donors (Lipinski definition) is 2. The Morgan fingerprint density at radius 1 is 1.44 bits per heavy atom. The summed E-state index contributed by atoms with van der Waals surface area (Å²) >= 11 is 0. The fourth-order valence-electron chi connectivity index (χ4n) is 1.34. The lowest BCUT2D eigenvalue weighted by Crippen LogP contribution is -2.26. The summed E-state index contributed by atoms with van der Waals surface area (Å²) in [7, 11) is -1.79. The van der Waals surface area contributed by atoms with E-state index in [1.807, 2.05) is 0 Å². The molecule has 0 amide bonds. The zero-order chi connectivity index (χ0) is 13.4. The first-order chi connectivity index (χ1) is 8.57. The van der Waals surface area contributed by atoms with E-state index in [0.717, 1.165) is 5.56 Å². The third-order valence-electron chi connectivity index (χ3n) is 2.33. The van der Waals surface area contributed by atoms with Crippen LogP contribution in [0.25, 0.3) is 0 Å². The summed E-state index contributed by atoms with van der Waals surface area (Å²) in [5, 5.41) is 8.59. The number of nitrogens with zero attached hydrogens (tertiary/aromatic N) is 1. The summed E-state index contributed by atoms with van der Waals surface area (Å²) in [5.74, 6) is 0.474. The van der Waals surface area contributed by atoms with Crippen molar-refractivity contribution >= 4 is 10.0 Å².